The molecular weight excluding hydrogens is 611 g/mol. The molecule has 3 aliphatic rings. The number of halogens is 2. The predicted octanol–water partition coefficient (Wildman–Crippen LogP) is 5.69. The molecule has 3 aromatic heterocycles. The van der Waals surface area contributed by atoms with Gasteiger partial charge in [-0.1, -0.05) is 23.7 Å². The van der Waals surface area contributed by atoms with Crippen LogP contribution in [0.25, 0.3) is 22.6 Å². The number of nitrogens with zero attached hydrogens (tertiary/aromatic N) is 7. The summed E-state index contributed by atoms with van der Waals surface area (Å²) in [6.07, 6.45) is 4.83. The molecule has 6 heterocycles. The SMILES string of the molecule is CC1(c2ccc(Cl)cc2F)Oc2cccc(C3CCN(Cc4nc5cc(-c6nnc(C#N)[nH]6)ncc5n4CC4CCO4)CC3)c2O1. The van der Waals surface area contributed by atoms with E-state index in [4.69, 9.17) is 36.1 Å². The number of pyridine rings is 1. The number of rotatable bonds is 7. The third-order valence-electron chi connectivity index (χ3n) is 9.15. The summed E-state index contributed by atoms with van der Waals surface area (Å²) in [5.41, 5.74) is 3.70. The van der Waals surface area contributed by atoms with Crippen molar-refractivity contribution in [3.05, 3.63) is 82.3 Å². The fourth-order valence-electron chi connectivity index (χ4n) is 6.63. The number of para-hydroxylation sites is 1. The Morgan fingerprint density at radius 2 is 1.98 bits per heavy atom. The molecule has 0 saturated carbocycles. The summed E-state index contributed by atoms with van der Waals surface area (Å²) in [4.78, 5) is 14.9. The second-order valence-electron chi connectivity index (χ2n) is 12.1. The Morgan fingerprint density at radius 3 is 2.72 bits per heavy atom. The largest absolute Gasteiger partial charge is 0.444 e. The van der Waals surface area contributed by atoms with Crippen molar-refractivity contribution in [3.8, 4) is 29.1 Å². The van der Waals surface area contributed by atoms with E-state index in [9.17, 15) is 4.39 Å². The van der Waals surface area contributed by atoms with Crippen LogP contribution >= 0.6 is 11.6 Å². The Hall–Kier alpha value is -4.57. The molecule has 2 saturated heterocycles. The van der Waals surface area contributed by atoms with Crippen molar-refractivity contribution in [2.75, 3.05) is 19.7 Å². The Bertz CT molecular complexity index is 1990. The second kappa shape index (κ2) is 11.3. The summed E-state index contributed by atoms with van der Waals surface area (Å²) in [5, 5.41) is 17.3. The molecule has 234 valence electrons. The number of likely N-dealkylation sites (tertiary alicyclic amines) is 1. The summed E-state index contributed by atoms with van der Waals surface area (Å²) >= 11 is 5.99. The molecule has 8 rings (SSSR count). The molecule has 1 N–H and O–H groups in total. The van der Waals surface area contributed by atoms with Gasteiger partial charge in [0.1, 0.15) is 23.4 Å². The molecular formula is C33H30ClFN8O3. The van der Waals surface area contributed by atoms with Crippen LogP contribution in [-0.4, -0.2) is 60.4 Å². The number of piperidine rings is 1. The third kappa shape index (κ3) is 5.14. The average Bonchev–Trinajstić information content (AvgIpc) is 3.74. The summed E-state index contributed by atoms with van der Waals surface area (Å²) in [5.74, 6) is 1.33. The number of ether oxygens (including phenoxy) is 3. The van der Waals surface area contributed by atoms with E-state index < -0.39 is 11.6 Å². The molecule has 3 aliphatic heterocycles. The van der Waals surface area contributed by atoms with Gasteiger partial charge >= 0.3 is 0 Å². The standard InChI is InChI=1S/C33H30ClFN8O3/c1-33(23-6-5-20(34)13-24(23)35)45-28-4-2-3-22(31(28)46-33)19-7-10-42(11-8-19)18-30-38-25-14-26(32-39-29(15-36)40-41-32)37-16-27(25)43(30)17-21-9-12-44-21/h2-6,13-14,16,19,21H,7-12,17-18H2,1H3,(H,39,40,41). The van der Waals surface area contributed by atoms with Crippen LogP contribution in [0.3, 0.4) is 0 Å². The number of hydrogen-bond acceptors (Lipinski definition) is 9. The Morgan fingerprint density at radius 1 is 1.13 bits per heavy atom. The van der Waals surface area contributed by atoms with Crippen LogP contribution < -0.4 is 9.47 Å². The van der Waals surface area contributed by atoms with E-state index in [1.165, 1.54) is 6.07 Å². The first-order valence-electron chi connectivity index (χ1n) is 15.4. The number of benzene rings is 2. The van der Waals surface area contributed by atoms with Crippen LogP contribution in [0, 0.1) is 17.1 Å². The van der Waals surface area contributed by atoms with E-state index >= 15 is 0 Å². The van der Waals surface area contributed by atoms with Gasteiger partial charge in [-0.15, -0.1) is 10.2 Å². The van der Waals surface area contributed by atoms with E-state index in [-0.39, 0.29) is 17.8 Å². The molecule has 0 radical (unpaired) electrons. The molecule has 2 unspecified atom stereocenters. The monoisotopic (exact) mass is 640 g/mol. The average molecular weight is 641 g/mol. The van der Waals surface area contributed by atoms with Gasteiger partial charge in [0.2, 0.25) is 5.82 Å². The number of fused-ring (bicyclic) bond motifs is 2. The van der Waals surface area contributed by atoms with Gasteiger partial charge in [0, 0.05) is 24.1 Å². The highest BCUT2D eigenvalue weighted by molar-refractivity contribution is 6.30. The molecule has 13 heteroatoms. The van der Waals surface area contributed by atoms with Crippen LogP contribution in [0.1, 0.15) is 54.9 Å². The van der Waals surface area contributed by atoms with Crippen molar-refractivity contribution in [1.82, 2.24) is 34.6 Å². The molecule has 2 fully saturated rings. The van der Waals surface area contributed by atoms with Gasteiger partial charge in [0.15, 0.2) is 17.3 Å². The minimum atomic E-state index is -1.28. The van der Waals surface area contributed by atoms with E-state index in [1.807, 2.05) is 30.5 Å². The van der Waals surface area contributed by atoms with Crippen LogP contribution in [0.5, 0.6) is 11.5 Å². The number of aromatic amines is 1. The molecule has 5 aromatic rings. The van der Waals surface area contributed by atoms with Gasteiger partial charge in [-0.25, -0.2) is 9.37 Å². The molecule has 46 heavy (non-hydrogen) atoms. The zero-order chi connectivity index (χ0) is 31.4. The molecule has 2 atom stereocenters. The first-order chi connectivity index (χ1) is 22.4. The van der Waals surface area contributed by atoms with Gasteiger partial charge < -0.3 is 23.8 Å². The fraction of sp³-hybridized carbons (Fsp3) is 0.364. The Balaban J connectivity index is 1.00. The van der Waals surface area contributed by atoms with Crippen molar-refractivity contribution in [1.29, 1.82) is 5.26 Å². The highest BCUT2D eigenvalue weighted by atomic mass is 35.5. The minimum absolute atomic E-state index is 0.137. The second-order valence-corrected chi connectivity index (χ2v) is 12.5. The van der Waals surface area contributed by atoms with Gasteiger partial charge in [0.05, 0.1) is 42.0 Å². The predicted molar refractivity (Wildman–Crippen MR) is 166 cm³/mol. The van der Waals surface area contributed by atoms with Crippen LogP contribution in [-0.2, 0) is 23.6 Å². The lowest BCUT2D eigenvalue weighted by atomic mass is 9.88. The van der Waals surface area contributed by atoms with Gasteiger partial charge in [-0.05, 0) is 68.6 Å². The van der Waals surface area contributed by atoms with E-state index in [0.29, 0.717) is 46.7 Å². The lowest BCUT2D eigenvalue weighted by Crippen LogP contribution is -2.35. The van der Waals surface area contributed by atoms with Crippen LogP contribution in [0.15, 0.2) is 48.7 Å². The van der Waals surface area contributed by atoms with E-state index in [1.54, 1.807) is 19.1 Å². The van der Waals surface area contributed by atoms with Crippen LogP contribution in [0.2, 0.25) is 5.02 Å². The third-order valence-corrected chi connectivity index (χ3v) is 9.39. The van der Waals surface area contributed by atoms with Crippen molar-refractivity contribution in [2.45, 2.75) is 57.1 Å². The van der Waals surface area contributed by atoms with Gasteiger partial charge in [-0.2, -0.15) is 5.26 Å². The van der Waals surface area contributed by atoms with Crippen molar-refractivity contribution < 1.29 is 18.6 Å². The molecule has 2 aromatic carbocycles. The minimum Gasteiger partial charge on any atom is -0.444 e. The first-order valence-corrected chi connectivity index (χ1v) is 15.7. The first kappa shape index (κ1) is 28.9. The molecule has 0 aliphatic carbocycles. The zero-order valence-electron chi connectivity index (χ0n) is 25.0. The maximum atomic E-state index is 14.9. The topological polar surface area (TPSA) is 127 Å². The highest BCUT2D eigenvalue weighted by Gasteiger charge is 2.43. The molecule has 11 nitrogen and oxygen atoms in total. The maximum Gasteiger partial charge on any atom is 0.278 e. The Kier molecular flexibility index (Phi) is 7.12. The zero-order valence-corrected chi connectivity index (χ0v) is 25.8. The highest BCUT2D eigenvalue weighted by Crippen LogP contribution is 2.50. The summed E-state index contributed by atoms with van der Waals surface area (Å²) in [6.45, 7) is 5.66. The fourth-order valence-corrected chi connectivity index (χ4v) is 6.79. The number of nitriles is 1. The van der Waals surface area contributed by atoms with Crippen molar-refractivity contribution >= 4 is 22.6 Å². The number of nitrogens with one attached hydrogen (secondary N) is 1. The summed E-state index contributed by atoms with van der Waals surface area (Å²) in [6, 6.07) is 14.3. The lowest BCUT2D eigenvalue weighted by Gasteiger charge is -2.33. The normalized spacial score (nSPS) is 21.4. The number of imidazole rings is 1. The summed E-state index contributed by atoms with van der Waals surface area (Å²) < 4.78 is 35.4. The smallest absolute Gasteiger partial charge is 0.278 e. The number of H-pyrrole nitrogens is 1. The van der Waals surface area contributed by atoms with Crippen LogP contribution in [0.4, 0.5) is 4.39 Å². The molecule has 0 spiro atoms. The maximum absolute atomic E-state index is 14.9. The van der Waals surface area contributed by atoms with Crippen molar-refractivity contribution in [2.24, 2.45) is 0 Å². The quantitative estimate of drug-likeness (QED) is 0.239. The van der Waals surface area contributed by atoms with Gasteiger partial charge in [-0.3, -0.25) is 9.88 Å². The Labute approximate surface area is 268 Å². The number of hydrogen-bond donors (Lipinski definition) is 1. The van der Waals surface area contributed by atoms with Crippen molar-refractivity contribution in [3.63, 3.8) is 0 Å². The summed E-state index contributed by atoms with van der Waals surface area (Å²) in [7, 11) is 0. The van der Waals surface area contributed by atoms with E-state index in [0.717, 1.165) is 61.4 Å². The van der Waals surface area contributed by atoms with Gasteiger partial charge in [0.25, 0.3) is 5.79 Å². The molecule has 0 amide bonds. The molecule has 0 bridgehead atoms. The number of aromatic nitrogens is 6. The lowest BCUT2D eigenvalue weighted by molar-refractivity contribution is -0.0712. The van der Waals surface area contributed by atoms with E-state index in [2.05, 4.69) is 35.7 Å².